The Bertz CT molecular complexity index is 511. The van der Waals surface area contributed by atoms with Crippen LogP contribution in [0.25, 0.3) is 0 Å². The molecule has 3 heteroatoms. The molecular formula is C19H30O3. The number of hydrogen-bond donors (Lipinski definition) is 3. The second-order valence-corrected chi connectivity index (χ2v) is 8.94. The molecule has 0 heterocycles. The standard InChI is InChI=1S/C19H30O3/c1-17-8-5-13(20)11-12(17)3-4-14-15(17)6-9-18(2)16(14)7-10-19(18,21)22/h11,13-16,20-22H,3-10H2,1-2H3/t13?,14-,15+,16+,17+,18+/m1/s1. The van der Waals surface area contributed by atoms with Gasteiger partial charge in [-0.3, -0.25) is 0 Å². The van der Waals surface area contributed by atoms with Gasteiger partial charge in [0.05, 0.1) is 6.10 Å². The summed E-state index contributed by atoms with van der Waals surface area (Å²) in [5, 5.41) is 30.9. The zero-order valence-corrected chi connectivity index (χ0v) is 13.9. The predicted molar refractivity (Wildman–Crippen MR) is 84.9 cm³/mol. The van der Waals surface area contributed by atoms with E-state index in [0.717, 1.165) is 44.9 Å². The zero-order chi connectivity index (χ0) is 15.8. The summed E-state index contributed by atoms with van der Waals surface area (Å²) in [6, 6.07) is 0. The SMILES string of the molecule is C[C@]12CCC(O)C=C1CC[C@@H]1[C@@H]2CC[C@@]2(C)[C@H]1CCC2(O)O. The molecule has 0 aromatic rings. The highest BCUT2D eigenvalue weighted by molar-refractivity contribution is 5.25. The van der Waals surface area contributed by atoms with Gasteiger partial charge >= 0.3 is 0 Å². The average Bonchev–Trinajstić information content (AvgIpc) is 2.70. The van der Waals surface area contributed by atoms with E-state index in [2.05, 4.69) is 19.9 Å². The van der Waals surface area contributed by atoms with Crippen LogP contribution in [0.5, 0.6) is 0 Å². The van der Waals surface area contributed by atoms with Gasteiger partial charge in [-0.15, -0.1) is 0 Å². The summed E-state index contributed by atoms with van der Waals surface area (Å²) >= 11 is 0. The molecule has 0 radical (unpaired) electrons. The first kappa shape index (κ1) is 15.2. The summed E-state index contributed by atoms with van der Waals surface area (Å²) in [5.74, 6) is 0.262. The van der Waals surface area contributed by atoms with E-state index in [1.807, 2.05) is 0 Å². The first-order valence-corrected chi connectivity index (χ1v) is 9.12. The Balaban J connectivity index is 1.68. The van der Waals surface area contributed by atoms with Gasteiger partial charge in [-0.1, -0.05) is 25.5 Å². The lowest BCUT2D eigenvalue weighted by molar-refractivity contribution is -0.247. The first-order chi connectivity index (χ1) is 10.3. The monoisotopic (exact) mass is 306 g/mol. The van der Waals surface area contributed by atoms with Gasteiger partial charge in [0, 0.05) is 11.8 Å². The van der Waals surface area contributed by atoms with Crippen LogP contribution in [0.3, 0.4) is 0 Å². The number of aliphatic hydroxyl groups is 3. The van der Waals surface area contributed by atoms with Crippen molar-refractivity contribution in [3.8, 4) is 0 Å². The van der Waals surface area contributed by atoms with Crippen molar-refractivity contribution >= 4 is 0 Å². The van der Waals surface area contributed by atoms with Gasteiger partial charge in [-0.2, -0.15) is 0 Å². The molecule has 0 aromatic heterocycles. The summed E-state index contributed by atoms with van der Waals surface area (Å²) in [6.45, 7) is 4.52. The van der Waals surface area contributed by atoms with Crippen LogP contribution < -0.4 is 0 Å². The summed E-state index contributed by atoms with van der Waals surface area (Å²) in [6.07, 6.45) is 9.63. The van der Waals surface area contributed by atoms with E-state index in [1.54, 1.807) is 0 Å². The third kappa shape index (κ3) is 1.79. The highest BCUT2D eigenvalue weighted by atomic mass is 16.5. The van der Waals surface area contributed by atoms with Crippen LogP contribution >= 0.6 is 0 Å². The van der Waals surface area contributed by atoms with Crippen LogP contribution in [-0.2, 0) is 0 Å². The molecule has 0 saturated heterocycles. The molecule has 0 spiro atoms. The fourth-order valence-electron chi connectivity index (χ4n) is 6.70. The van der Waals surface area contributed by atoms with E-state index < -0.39 is 5.79 Å². The second-order valence-electron chi connectivity index (χ2n) is 8.94. The highest BCUT2D eigenvalue weighted by Crippen LogP contribution is 2.67. The molecule has 124 valence electrons. The minimum atomic E-state index is -1.47. The topological polar surface area (TPSA) is 60.7 Å². The number of fused-ring (bicyclic) bond motifs is 5. The number of aliphatic hydroxyl groups excluding tert-OH is 1. The van der Waals surface area contributed by atoms with E-state index >= 15 is 0 Å². The lowest BCUT2D eigenvalue weighted by atomic mass is 9.47. The third-order valence-corrected chi connectivity index (χ3v) is 8.20. The Kier molecular flexibility index (Phi) is 3.16. The van der Waals surface area contributed by atoms with Gasteiger partial charge < -0.3 is 15.3 Å². The molecule has 3 saturated carbocycles. The summed E-state index contributed by atoms with van der Waals surface area (Å²) in [7, 11) is 0. The van der Waals surface area contributed by atoms with Gasteiger partial charge in [-0.25, -0.2) is 0 Å². The van der Waals surface area contributed by atoms with E-state index in [4.69, 9.17) is 0 Å². The Morgan fingerprint density at radius 2 is 1.68 bits per heavy atom. The first-order valence-electron chi connectivity index (χ1n) is 9.12. The Labute approximate surface area is 133 Å². The van der Waals surface area contributed by atoms with Crippen molar-refractivity contribution in [2.75, 3.05) is 0 Å². The quantitative estimate of drug-likeness (QED) is 0.476. The van der Waals surface area contributed by atoms with E-state index in [1.165, 1.54) is 5.57 Å². The third-order valence-electron chi connectivity index (χ3n) is 8.20. The molecule has 0 amide bonds. The molecule has 3 N–H and O–H groups in total. The number of allylic oxidation sites excluding steroid dienone is 1. The van der Waals surface area contributed by atoms with Crippen LogP contribution in [0.2, 0.25) is 0 Å². The van der Waals surface area contributed by atoms with Gasteiger partial charge in [0.25, 0.3) is 0 Å². The normalized spacial score (nSPS) is 53.2. The van der Waals surface area contributed by atoms with Crippen molar-refractivity contribution in [2.24, 2.45) is 28.6 Å². The molecule has 4 aliphatic carbocycles. The Morgan fingerprint density at radius 1 is 0.955 bits per heavy atom. The molecule has 4 rings (SSSR count). The molecule has 1 unspecified atom stereocenters. The minimum Gasteiger partial charge on any atom is -0.389 e. The van der Waals surface area contributed by atoms with Crippen molar-refractivity contribution < 1.29 is 15.3 Å². The van der Waals surface area contributed by atoms with E-state index in [0.29, 0.717) is 24.2 Å². The molecule has 0 aromatic carbocycles. The number of rotatable bonds is 0. The van der Waals surface area contributed by atoms with Gasteiger partial charge in [-0.05, 0) is 68.1 Å². The lowest BCUT2D eigenvalue weighted by Gasteiger charge is -2.58. The van der Waals surface area contributed by atoms with Crippen LogP contribution in [0.1, 0.15) is 65.2 Å². The van der Waals surface area contributed by atoms with Crippen molar-refractivity contribution in [1.29, 1.82) is 0 Å². The lowest BCUT2D eigenvalue weighted by Crippen LogP contribution is -2.54. The molecule has 3 nitrogen and oxygen atoms in total. The van der Waals surface area contributed by atoms with Gasteiger partial charge in [0.15, 0.2) is 5.79 Å². The van der Waals surface area contributed by atoms with Crippen LogP contribution in [0.4, 0.5) is 0 Å². The van der Waals surface area contributed by atoms with Crippen LogP contribution in [0, 0.1) is 28.6 Å². The fourth-order valence-corrected chi connectivity index (χ4v) is 6.70. The largest absolute Gasteiger partial charge is 0.389 e. The van der Waals surface area contributed by atoms with Crippen LogP contribution in [-0.4, -0.2) is 27.2 Å². The second kappa shape index (κ2) is 4.58. The molecule has 3 fully saturated rings. The molecule has 0 bridgehead atoms. The summed E-state index contributed by atoms with van der Waals surface area (Å²) in [4.78, 5) is 0. The fraction of sp³-hybridized carbons (Fsp3) is 0.895. The van der Waals surface area contributed by atoms with Crippen molar-refractivity contribution in [1.82, 2.24) is 0 Å². The number of hydrogen-bond acceptors (Lipinski definition) is 3. The van der Waals surface area contributed by atoms with Gasteiger partial charge in [0.1, 0.15) is 0 Å². The van der Waals surface area contributed by atoms with Crippen molar-refractivity contribution in [2.45, 2.75) is 77.1 Å². The average molecular weight is 306 g/mol. The zero-order valence-electron chi connectivity index (χ0n) is 13.9. The van der Waals surface area contributed by atoms with Crippen molar-refractivity contribution in [3.05, 3.63) is 11.6 Å². The molecular weight excluding hydrogens is 276 g/mol. The molecule has 4 aliphatic rings. The maximum Gasteiger partial charge on any atom is 0.168 e. The van der Waals surface area contributed by atoms with Gasteiger partial charge in [0.2, 0.25) is 0 Å². The summed E-state index contributed by atoms with van der Waals surface area (Å²) in [5.41, 5.74) is 1.40. The van der Waals surface area contributed by atoms with E-state index in [-0.39, 0.29) is 16.9 Å². The Morgan fingerprint density at radius 3 is 2.45 bits per heavy atom. The van der Waals surface area contributed by atoms with Crippen LogP contribution in [0.15, 0.2) is 11.6 Å². The molecule has 22 heavy (non-hydrogen) atoms. The van der Waals surface area contributed by atoms with E-state index in [9.17, 15) is 15.3 Å². The smallest absolute Gasteiger partial charge is 0.168 e. The summed E-state index contributed by atoms with van der Waals surface area (Å²) < 4.78 is 0. The van der Waals surface area contributed by atoms with Crippen molar-refractivity contribution in [3.63, 3.8) is 0 Å². The minimum absolute atomic E-state index is 0.236. The predicted octanol–water partition coefficient (Wildman–Crippen LogP) is 2.99. The highest BCUT2D eigenvalue weighted by Gasteiger charge is 2.63. The Hall–Kier alpha value is -0.380. The molecule has 0 aliphatic heterocycles. The maximum absolute atomic E-state index is 10.5. The molecule has 6 atom stereocenters. The maximum atomic E-state index is 10.5.